The zero-order valence-corrected chi connectivity index (χ0v) is 14.6. The van der Waals surface area contributed by atoms with Gasteiger partial charge in [-0.15, -0.1) is 0 Å². The molecule has 0 aliphatic heterocycles. The predicted molar refractivity (Wildman–Crippen MR) is 92.3 cm³/mol. The molecule has 0 aliphatic rings. The molecule has 0 heterocycles. The normalized spacial score (nSPS) is 13.0. The summed E-state index contributed by atoms with van der Waals surface area (Å²) in [5.74, 6) is 0.355. The number of nitrogens with zero attached hydrogens (tertiary/aromatic N) is 1. The van der Waals surface area contributed by atoms with Crippen LogP contribution in [0.2, 0.25) is 0 Å². The van der Waals surface area contributed by atoms with Gasteiger partial charge in [0.15, 0.2) is 0 Å². The zero-order valence-electron chi connectivity index (χ0n) is 14.6. The lowest BCUT2D eigenvalue weighted by Crippen LogP contribution is -2.41. The molecule has 0 bridgehead atoms. The molecule has 0 spiro atoms. The largest absolute Gasteiger partial charge is 0.351 e. The summed E-state index contributed by atoms with van der Waals surface area (Å²) in [6, 6.07) is 8.30. The van der Waals surface area contributed by atoms with Gasteiger partial charge in [-0.2, -0.15) is 0 Å². The predicted octanol–water partition coefficient (Wildman–Crippen LogP) is 2.52. The Morgan fingerprint density at radius 3 is 2.32 bits per heavy atom. The van der Waals surface area contributed by atoms with Gasteiger partial charge in [-0.05, 0) is 44.4 Å². The van der Waals surface area contributed by atoms with E-state index in [1.54, 1.807) is 0 Å². The molecule has 0 aromatic heterocycles. The highest BCUT2D eigenvalue weighted by molar-refractivity contribution is 5.81. The Morgan fingerprint density at radius 2 is 1.77 bits per heavy atom. The summed E-state index contributed by atoms with van der Waals surface area (Å²) in [5.41, 5.74) is 8.32. The number of amides is 1. The number of carbonyl (C=O) groups is 1. The lowest BCUT2D eigenvalue weighted by molar-refractivity contribution is -0.122. The summed E-state index contributed by atoms with van der Waals surface area (Å²) < 4.78 is 0. The second-order valence-electron chi connectivity index (χ2n) is 6.73. The molecule has 4 nitrogen and oxygen atoms in total. The van der Waals surface area contributed by atoms with Crippen LogP contribution in [0.15, 0.2) is 24.3 Å². The summed E-state index contributed by atoms with van der Waals surface area (Å²) in [6.07, 6.45) is 0.712. The standard InChI is InChI=1S/C18H31N3O/c1-13(2)10-17(19)18(22)20-11-15-8-6-7-9-16(15)12-21(5)14(3)4/h6-9,13-14,17H,10-12,19H2,1-5H3,(H,20,22)/t17-/m0/s1. The summed E-state index contributed by atoms with van der Waals surface area (Å²) in [5, 5.41) is 2.96. The molecule has 0 radical (unpaired) electrons. The Hall–Kier alpha value is -1.39. The second kappa shape index (κ2) is 8.91. The number of rotatable bonds is 8. The molecular formula is C18H31N3O. The van der Waals surface area contributed by atoms with E-state index < -0.39 is 6.04 Å². The Balaban J connectivity index is 2.64. The van der Waals surface area contributed by atoms with Crippen molar-refractivity contribution in [3.05, 3.63) is 35.4 Å². The van der Waals surface area contributed by atoms with Gasteiger partial charge in [0.05, 0.1) is 6.04 Å². The van der Waals surface area contributed by atoms with Crippen LogP contribution in [0, 0.1) is 5.92 Å². The van der Waals surface area contributed by atoms with Gasteiger partial charge >= 0.3 is 0 Å². The molecule has 3 N–H and O–H groups in total. The smallest absolute Gasteiger partial charge is 0.237 e. The number of nitrogens with two attached hydrogens (primary N) is 1. The third-order valence-electron chi connectivity index (χ3n) is 3.93. The fourth-order valence-electron chi connectivity index (χ4n) is 2.26. The van der Waals surface area contributed by atoms with Crippen LogP contribution in [0.5, 0.6) is 0 Å². The Kier molecular flexibility index (Phi) is 7.56. The minimum Gasteiger partial charge on any atom is -0.351 e. The van der Waals surface area contributed by atoms with E-state index in [0.717, 1.165) is 12.1 Å². The van der Waals surface area contributed by atoms with Gasteiger partial charge in [0.25, 0.3) is 0 Å². The van der Waals surface area contributed by atoms with Crippen LogP contribution < -0.4 is 11.1 Å². The number of nitrogens with one attached hydrogen (secondary N) is 1. The molecular weight excluding hydrogens is 274 g/mol. The van der Waals surface area contributed by atoms with E-state index in [9.17, 15) is 4.79 Å². The van der Waals surface area contributed by atoms with E-state index in [-0.39, 0.29) is 5.91 Å². The molecule has 0 fully saturated rings. The zero-order chi connectivity index (χ0) is 16.7. The molecule has 124 valence electrons. The molecule has 1 aromatic carbocycles. The minimum absolute atomic E-state index is 0.0688. The van der Waals surface area contributed by atoms with E-state index in [4.69, 9.17) is 5.73 Å². The molecule has 4 heteroatoms. The van der Waals surface area contributed by atoms with Crippen molar-refractivity contribution in [1.29, 1.82) is 0 Å². The van der Waals surface area contributed by atoms with Crippen molar-refractivity contribution in [3.8, 4) is 0 Å². The fourth-order valence-corrected chi connectivity index (χ4v) is 2.26. The van der Waals surface area contributed by atoms with Gasteiger partial charge in [-0.3, -0.25) is 9.69 Å². The first kappa shape index (κ1) is 18.7. The van der Waals surface area contributed by atoms with Crippen molar-refractivity contribution >= 4 is 5.91 Å². The van der Waals surface area contributed by atoms with Crippen molar-refractivity contribution in [1.82, 2.24) is 10.2 Å². The Morgan fingerprint density at radius 1 is 1.18 bits per heavy atom. The summed E-state index contributed by atoms with van der Waals surface area (Å²) in [7, 11) is 2.11. The maximum Gasteiger partial charge on any atom is 0.237 e. The summed E-state index contributed by atoms with van der Waals surface area (Å²) in [4.78, 5) is 14.3. The molecule has 0 unspecified atom stereocenters. The van der Waals surface area contributed by atoms with Crippen LogP contribution in [0.1, 0.15) is 45.2 Å². The van der Waals surface area contributed by atoms with Gasteiger partial charge in [0.2, 0.25) is 5.91 Å². The van der Waals surface area contributed by atoms with E-state index in [2.05, 4.69) is 57.1 Å². The van der Waals surface area contributed by atoms with Crippen LogP contribution in [0.25, 0.3) is 0 Å². The average Bonchev–Trinajstić information content (AvgIpc) is 2.45. The average molecular weight is 305 g/mol. The molecule has 1 aromatic rings. The minimum atomic E-state index is -0.425. The number of hydrogen-bond donors (Lipinski definition) is 2. The van der Waals surface area contributed by atoms with Crippen molar-refractivity contribution in [2.24, 2.45) is 11.7 Å². The van der Waals surface area contributed by atoms with Gasteiger partial charge in [-0.1, -0.05) is 38.1 Å². The van der Waals surface area contributed by atoms with Crippen molar-refractivity contribution in [2.45, 2.75) is 59.3 Å². The number of hydrogen-bond acceptors (Lipinski definition) is 3. The highest BCUT2D eigenvalue weighted by Crippen LogP contribution is 2.12. The Labute approximate surface area is 135 Å². The van der Waals surface area contributed by atoms with Crippen LogP contribution in [-0.4, -0.2) is 29.9 Å². The van der Waals surface area contributed by atoms with Crippen molar-refractivity contribution < 1.29 is 4.79 Å². The van der Waals surface area contributed by atoms with Crippen LogP contribution in [0.3, 0.4) is 0 Å². The lowest BCUT2D eigenvalue weighted by Gasteiger charge is -2.23. The third kappa shape index (κ3) is 6.16. The van der Waals surface area contributed by atoms with Crippen molar-refractivity contribution in [3.63, 3.8) is 0 Å². The molecule has 1 amide bonds. The molecule has 0 aliphatic carbocycles. The molecule has 0 saturated carbocycles. The fraction of sp³-hybridized carbons (Fsp3) is 0.611. The number of benzene rings is 1. The first-order valence-electron chi connectivity index (χ1n) is 8.11. The first-order valence-corrected chi connectivity index (χ1v) is 8.11. The van der Waals surface area contributed by atoms with Crippen molar-refractivity contribution in [2.75, 3.05) is 7.05 Å². The summed E-state index contributed by atoms with van der Waals surface area (Å²) >= 11 is 0. The molecule has 22 heavy (non-hydrogen) atoms. The SMILES string of the molecule is CC(C)C[C@H](N)C(=O)NCc1ccccc1CN(C)C(C)C. The van der Waals surface area contributed by atoms with Crippen LogP contribution >= 0.6 is 0 Å². The van der Waals surface area contributed by atoms with Gasteiger partial charge < -0.3 is 11.1 Å². The molecule has 0 saturated heterocycles. The lowest BCUT2D eigenvalue weighted by atomic mass is 10.0. The van der Waals surface area contributed by atoms with Crippen LogP contribution in [0.4, 0.5) is 0 Å². The topological polar surface area (TPSA) is 58.4 Å². The first-order chi connectivity index (χ1) is 10.3. The van der Waals surface area contributed by atoms with Crippen LogP contribution in [-0.2, 0) is 17.9 Å². The quantitative estimate of drug-likeness (QED) is 0.776. The van der Waals surface area contributed by atoms with Gasteiger partial charge in [-0.25, -0.2) is 0 Å². The monoisotopic (exact) mass is 305 g/mol. The van der Waals surface area contributed by atoms with E-state index in [0.29, 0.717) is 24.9 Å². The highest BCUT2D eigenvalue weighted by atomic mass is 16.2. The third-order valence-corrected chi connectivity index (χ3v) is 3.93. The van der Waals surface area contributed by atoms with E-state index >= 15 is 0 Å². The summed E-state index contributed by atoms with van der Waals surface area (Å²) in [6.45, 7) is 9.91. The Bertz CT molecular complexity index is 471. The molecule has 1 rings (SSSR count). The van der Waals surface area contributed by atoms with E-state index in [1.165, 1.54) is 5.56 Å². The van der Waals surface area contributed by atoms with E-state index in [1.807, 2.05) is 12.1 Å². The maximum atomic E-state index is 12.0. The van der Waals surface area contributed by atoms with Gasteiger partial charge in [0, 0.05) is 19.1 Å². The van der Waals surface area contributed by atoms with Gasteiger partial charge in [0.1, 0.15) is 0 Å². The maximum absolute atomic E-state index is 12.0. The molecule has 1 atom stereocenters. The number of carbonyl (C=O) groups excluding carboxylic acids is 1. The second-order valence-corrected chi connectivity index (χ2v) is 6.73. The highest BCUT2D eigenvalue weighted by Gasteiger charge is 2.15.